The van der Waals surface area contributed by atoms with Gasteiger partial charge in [0.15, 0.2) is 11.6 Å². The van der Waals surface area contributed by atoms with Crippen molar-refractivity contribution in [3.8, 4) is 0 Å². The number of hydrogen-bond donors (Lipinski definition) is 0. The molecule has 0 atom stereocenters. The number of ketones is 2. The van der Waals surface area contributed by atoms with E-state index in [1.165, 1.54) is 0 Å². The Morgan fingerprint density at radius 3 is 2.17 bits per heavy atom. The molecule has 130 valence electrons. The Hall–Kier alpha value is -1.97. The van der Waals surface area contributed by atoms with Crippen molar-refractivity contribution >= 4 is 17.5 Å². The zero-order chi connectivity index (χ0) is 17.7. The van der Waals surface area contributed by atoms with Crippen molar-refractivity contribution in [2.45, 2.75) is 52.9 Å². The molecule has 0 amide bonds. The fourth-order valence-electron chi connectivity index (χ4n) is 3.29. The number of ether oxygens (including phenoxy) is 1. The maximum Gasteiger partial charge on any atom is 0.305 e. The highest BCUT2D eigenvalue weighted by molar-refractivity contribution is 6.00. The molecule has 0 unspecified atom stereocenters. The summed E-state index contributed by atoms with van der Waals surface area (Å²) in [4.78, 5) is 35.7. The van der Waals surface area contributed by atoms with Gasteiger partial charge in [-0.3, -0.25) is 14.4 Å². The maximum absolute atomic E-state index is 12.4. The second-order valence-corrected chi connectivity index (χ2v) is 7.29. The molecule has 1 fully saturated rings. The van der Waals surface area contributed by atoms with E-state index in [4.69, 9.17) is 4.74 Å². The van der Waals surface area contributed by atoms with E-state index in [1.54, 1.807) is 31.2 Å². The largest absolute Gasteiger partial charge is 0.466 e. The average Bonchev–Trinajstić information content (AvgIpc) is 2.52. The van der Waals surface area contributed by atoms with Crippen LogP contribution < -0.4 is 0 Å². The van der Waals surface area contributed by atoms with E-state index in [1.807, 2.05) is 0 Å². The molecule has 4 heteroatoms. The van der Waals surface area contributed by atoms with Crippen molar-refractivity contribution in [1.82, 2.24) is 0 Å². The van der Waals surface area contributed by atoms with E-state index < -0.39 is 0 Å². The highest BCUT2D eigenvalue weighted by Crippen LogP contribution is 2.46. The number of esters is 1. The van der Waals surface area contributed by atoms with E-state index in [-0.39, 0.29) is 35.3 Å². The number of rotatable bonds is 8. The monoisotopic (exact) mass is 330 g/mol. The molecule has 0 heterocycles. The second-order valence-electron chi connectivity index (χ2n) is 7.29. The van der Waals surface area contributed by atoms with Crippen LogP contribution in [0.1, 0.15) is 73.6 Å². The zero-order valence-corrected chi connectivity index (χ0v) is 14.8. The maximum atomic E-state index is 12.4. The minimum Gasteiger partial charge on any atom is -0.466 e. The Morgan fingerprint density at radius 1 is 1.04 bits per heavy atom. The van der Waals surface area contributed by atoms with Gasteiger partial charge in [0.25, 0.3) is 0 Å². The molecule has 0 radical (unpaired) electrons. The topological polar surface area (TPSA) is 60.4 Å². The molecule has 0 aromatic heterocycles. The highest BCUT2D eigenvalue weighted by Gasteiger charge is 2.40. The number of Topliss-reactive ketones (excluding diaryl/α,β-unsaturated/α-hetero) is 2. The Kier molecular flexibility index (Phi) is 5.92. The van der Waals surface area contributed by atoms with Gasteiger partial charge in [-0.05, 0) is 31.6 Å². The summed E-state index contributed by atoms with van der Waals surface area (Å²) >= 11 is 0. The summed E-state index contributed by atoms with van der Waals surface area (Å²) in [5.41, 5.74) is 1.54. The van der Waals surface area contributed by atoms with Gasteiger partial charge in [0.2, 0.25) is 0 Å². The van der Waals surface area contributed by atoms with Crippen molar-refractivity contribution in [2.24, 2.45) is 11.3 Å². The zero-order valence-electron chi connectivity index (χ0n) is 14.8. The second kappa shape index (κ2) is 7.73. The summed E-state index contributed by atoms with van der Waals surface area (Å²) in [5.74, 6) is 0.0134. The van der Waals surface area contributed by atoms with Gasteiger partial charge in [-0.1, -0.05) is 38.1 Å². The summed E-state index contributed by atoms with van der Waals surface area (Å²) in [5, 5.41) is 0. The molecule has 1 aromatic rings. The van der Waals surface area contributed by atoms with E-state index in [9.17, 15) is 14.4 Å². The van der Waals surface area contributed by atoms with Gasteiger partial charge in [-0.25, -0.2) is 0 Å². The van der Waals surface area contributed by atoms with Gasteiger partial charge in [-0.15, -0.1) is 0 Å². The molecule has 24 heavy (non-hydrogen) atoms. The molecule has 1 aromatic carbocycles. The Labute approximate surface area is 143 Å². The molecular weight excluding hydrogens is 304 g/mol. The minimum absolute atomic E-state index is 0.0110. The predicted molar refractivity (Wildman–Crippen MR) is 92.1 cm³/mol. The lowest BCUT2D eigenvalue weighted by Crippen LogP contribution is -2.36. The summed E-state index contributed by atoms with van der Waals surface area (Å²) < 4.78 is 4.84. The lowest BCUT2D eigenvalue weighted by molar-refractivity contribution is -0.143. The number of hydrogen-bond acceptors (Lipinski definition) is 4. The standard InChI is InChI=1S/C20H26O4/c1-4-24-18(22)7-5-6-17(21)14-8-10-15(11-9-14)19(23)16-12-20(2,3)13-16/h8-11,16H,4-7,12-13H2,1-3H3. The number of carbonyl (C=O) groups excluding carboxylic acids is 3. The number of benzene rings is 1. The van der Waals surface area contributed by atoms with Gasteiger partial charge >= 0.3 is 5.97 Å². The van der Waals surface area contributed by atoms with Crippen molar-refractivity contribution in [2.75, 3.05) is 6.61 Å². The van der Waals surface area contributed by atoms with Crippen LogP contribution in [0.4, 0.5) is 0 Å². The van der Waals surface area contributed by atoms with Gasteiger partial charge in [0, 0.05) is 29.9 Å². The molecule has 0 spiro atoms. The van der Waals surface area contributed by atoms with Gasteiger partial charge < -0.3 is 4.74 Å². The molecule has 0 N–H and O–H groups in total. The average molecular weight is 330 g/mol. The highest BCUT2D eigenvalue weighted by atomic mass is 16.5. The van der Waals surface area contributed by atoms with E-state index in [0.717, 1.165) is 12.8 Å². The van der Waals surface area contributed by atoms with Crippen molar-refractivity contribution in [3.05, 3.63) is 35.4 Å². The lowest BCUT2D eigenvalue weighted by Gasteiger charge is -2.41. The Balaban J connectivity index is 1.84. The molecule has 2 rings (SSSR count). The van der Waals surface area contributed by atoms with Gasteiger partial charge in [0.1, 0.15) is 0 Å². The van der Waals surface area contributed by atoms with Crippen molar-refractivity contribution in [3.63, 3.8) is 0 Å². The minimum atomic E-state index is -0.269. The normalized spacial score (nSPS) is 16.3. The predicted octanol–water partition coefficient (Wildman–Crippen LogP) is 4.22. The van der Waals surface area contributed by atoms with Gasteiger partial charge in [-0.2, -0.15) is 0 Å². The van der Waals surface area contributed by atoms with Crippen LogP contribution in [0.5, 0.6) is 0 Å². The Bertz CT molecular complexity index is 605. The first kappa shape index (κ1) is 18.4. The Morgan fingerprint density at radius 2 is 1.62 bits per heavy atom. The first-order valence-corrected chi connectivity index (χ1v) is 8.65. The van der Waals surface area contributed by atoms with Crippen LogP contribution in [0.3, 0.4) is 0 Å². The van der Waals surface area contributed by atoms with E-state index >= 15 is 0 Å². The smallest absolute Gasteiger partial charge is 0.305 e. The van der Waals surface area contributed by atoms with Crippen LogP contribution >= 0.6 is 0 Å². The van der Waals surface area contributed by atoms with Crippen molar-refractivity contribution in [1.29, 1.82) is 0 Å². The van der Waals surface area contributed by atoms with Crippen LogP contribution in [0, 0.1) is 11.3 Å². The summed E-state index contributed by atoms with van der Waals surface area (Å²) in [6, 6.07) is 6.91. The van der Waals surface area contributed by atoms with Gasteiger partial charge in [0.05, 0.1) is 6.61 Å². The molecule has 1 saturated carbocycles. The quantitative estimate of drug-likeness (QED) is 0.529. The van der Waals surface area contributed by atoms with Crippen LogP contribution in [-0.4, -0.2) is 24.1 Å². The molecular formula is C20H26O4. The lowest BCUT2D eigenvalue weighted by atomic mass is 9.62. The van der Waals surface area contributed by atoms with Crippen LogP contribution in [0.2, 0.25) is 0 Å². The third-order valence-electron chi connectivity index (χ3n) is 4.55. The molecule has 1 aliphatic rings. The molecule has 0 bridgehead atoms. The third-order valence-corrected chi connectivity index (χ3v) is 4.55. The molecule has 0 saturated heterocycles. The fraction of sp³-hybridized carbons (Fsp3) is 0.550. The third kappa shape index (κ3) is 4.76. The first-order chi connectivity index (χ1) is 11.3. The van der Waals surface area contributed by atoms with Crippen LogP contribution in [0.25, 0.3) is 0 Å². The molecule has 1 aliphatic carbocycles. The van der Waals surface area contributed by atoms with Crippen molar-refractivity contribution < 1.29 is 19.1 Å². The van der Waals surface area contributed by atoms with E-state index in [2.05, 4.69) is 13.8 Å². The first-order valence-electron chi connectivity index (χ1n) is 8.65. The summed E-state index contributed by atoms with van der Waals surface area (Å²) in [7, 11) is 0. The fourth-order valence-corrected chi connectivity index (χ4v) is 3.29. The van der Waals surface area contributed by atoms with Crippen LogP contribution in [0.15, 0.2) is 24.3 Å². The molecule has 4 nitrogen and oxygen atoms in total. The van der Waals surface area contributed by atoms with E-state index in [0.29, 0.717) is 30.6 Å². The number of carbonyl (C=O) groups is 3. The summed E-state index contributed by atoms with van der Waals surface area (Å²) in [6.07, 6.45) is 2.91. The SMILES string of the molecule is CCOC(=O)CCCC(=O)c1ccc(C(=O)C2CC(C)(C)C2)cc1. The molecule has 0 aliphatic heterocycles. The summed E-state index contributed by atoms with van der Waals surface area (Å²) in [6.45, 7) is 6.47. The van der Waals surface area contributed by atoms with Crippen LogP contribution in [-0.2, 0) is 9.53 Å².